The molecule has 1 fully saturated rings. The second-order valence-electron chi connectivity index (χ2n) is 8.18. The zero-order valence-electron chi connectivity index (χ0n) is 17.6. The summed E-state index contributed by atoms with van der Waals surface area (Å²) in [7, 11) is 1.69. The van der Waals surface area contributed by atoms with E-state index < -0.39 is 0 Å². The summed E-state index contributed by atoms with van der Waals surface area (Å²) < 4.78 is 5.38. The molecule has 0 saturated carbocycles. The standard InChI is InChI=1S/C24H26N4OS/c1-16-13-24(3,23-25-20-11-10-19(29-4)12-21(20)26-23)28(14-16)27-15-22(30-17(27)2)18-8-6-5-7-9-18/h5-12,15,17H,1,13-14H2,2-4H3,(H,25,26). The lowest BCUT2D eigenvalue weighted by molar-refractivity contribution is -0.0485. The molecule has 0 aliphatic carbocycles. The van der Waals surface area contributed by atoms with Crippen LogP contribution >= 0.6 is 11.8 Å². The fourth-order valence-electron chi connectivity index (χ4n) is 4.44. The monoisotopic (exact) mass is 418 g/mol. The Morgan fingerprint density at radius 3 is 2.80 bits per heavy atom. The summed E-state index contributed by atoms with van der Waals surface area (Å²) in [6, 6.07) is 16.5. The third-order valence-electron chi connectivity index (χ3n) is 5.99. The molecule has 2 aliphatic heterocycles. The third-order valence-corrected chi connectivity index (χ3v) is 7.15. The Morgan fingerprint density at radius 2 is 2.03 bits per heavy atom. The van der Waals surface area contributed by atoms with E-state index in [2.05, 4.69) is 72.0 Å². The minimum Gasteiger partial charge on any atom is -0.497 e. The van der Waals surface area contributed by atoms with Crippen LogP contribution in [0.25, 0.3) is 15.9 Å². The molecule has 0 spiro atoms. The Labute approximate surface area is 181 Å². The first kappa shape index (κ1) is 19.3. The normalized spacial score (nSPS) is 24.6. The smallest absolute Gasteiger partial charge is 0.129 e. The van der Waals surface area contributed by atoms with Crippen molar-refractivity contribution in [1.29, 1.82) is 0 Å². The van der Waals surface area contributed by atoms with Crippen molar-refractivity contribution in [3.8, 4) is 5.75 Å². The molecule has 5 rings (SSSR count). The number of ether oxygens (including phenoxy) is 1. The van der Waals surface area contributed by atoms with Gasteiger partial charge in [-0.25, -0.2) is 9.99 Å². The second-order valence-corrected chi connectivity index (χ2v) is 9.54. The predicted octanol–water partition coefficient (Wildman–Crippen LogP) is 5.36. The molecule has 3 aromatic rings. The zero-order chi connectivity index (χ0) is 20.9. The van der Waals surface area contributed by atoms with Crippen molar-refractivity contribution in [2.75, 3.05) is 13.7 Å². The van der Waals surface area contributed by atoms with Gasteiger partial charge in [0.05, 0.1) is 29.1 Å². The Morgan fingerprint density at radius 1 is 1.23 bits per heavy atom. The first-order valence-electron chi connectivity index (χ1n) is 10.2. The first-order valence-corrected chi connectivity index (χ1v) is 11.1. The van der Waals surface area contributed by atoms with E-state index >= 15 is 0 Å². The number of benzene rings is 2. The number of methoxy groups -OCH3 is 1. The average Bonchev–Trinajstić information content (AvgIpc) is 3.43. The summed E-state index contributed by atoms with van der Waals surface area (Å²) in [5, 5.41) is 5.08. The average molecular weight is 419 g/mol. The third kappa shape index (κ3) is 3.11. The van der Waals surface area contributed by atoms with Crippen molar-refractivity contribution in [2.45, 2.75) is 31.2 Å². The molecule has 0 amide bonds. The molecule has 1 saturated heterocycles. The van der Waals surface area contributed by atoms with Gasteiger partial charge in [0.25, 0.3) is 0 Å². The number of aromatic amines is 1. The minimum atomic E-state index is -0.291. The lowest BCUT2D eigenvalue weighted by Crippen LogP contribution is -2.50. The molecule has 154 valence electrons. The maximum atomic E-state index is 5.38. The lowest BCUT2D eigenvalue weighted by atomic mass is 9.97. The number of nitrogens with one attached hydrogen (secondary N) is 1. The van der Waals surface area contributed by atoms with Crippen molar-refractivity contribution in [2.24, 2.45) is 0 Å². The van der Waals surface area contributed by atoms with Crippen molar-refractivity contribution in [1.82, 2.24) is 20.0 Å². The molecule has 30 heavy (non-hydrogen) atoms. The molecular formula is C24H26N4OS. The van der Waals surface area contributed by atoms with Gasteiger partial charge in [0, 0.05) is 23.7 Å². The van der Waals surface area contributed by atoms with Crippen LogP contribution in [0.2, 0.25) is 0 Å². The molecule has 2 unspecified atom stereocenters. The fraction of sp³-hybridized carbons (Fsp3) is 0.292. The van der Waals surface area contributed by atoms with Crippen molar-refractivity contribution in [3.63, 3.8) is 0 Å². The number of rotatable bonds is 4. The van der Waals surface area contributed by atoms with Gasteiger partial charge < -0.3 is 9.72 Å². The minimum absolute atomic E-state index is 0.291. The molecule has 2 aliphatic rings. The molecule has 0 bridgehead atoms. The maximum Gasteiger partial charge on any atom is 0.129 e. The molecule has 2 aromatic carbocycles. The van der Waals surface area contributed by atoms with E-state index in [0.717, 1.165) is 35.6 Å². The highest BCUT2D eigenvalue weighted by molar-refractivity contribution is 8.09. The number of H-pyrrole nitrogens is 1. The number of hydrogen-bond acceptors (Lipinski definition) is 5. The number of imidazole rings is 1. The molecule has 6 heteroatoms. The number of aromatic nitrogens is 2. The van der Waals surface area contributed by atoms with Gasteiger partial charge in [-0.15, -0.1) is 0 Å². The van der Waals surface area contributed by atoms with Crippen LogP contribution in [-0.2, 0) is 5.54 Å². The van der Waals surface area contributed by atoms with Gasteiger partial charge in [0.1, 0.15) is 11.6 Å². The second kappa shape index (κ2) is 7.22. The van der Waals surface area contributed by atoms with Gasteiger partial charge in [-0.3, -0.25) is 5.01 Å². The number of fused-ring (bicyclic) bond motifs is 1. The van der Waals surface area contributed by atoms with Crippen LogP contribution in [0.5, 0.6) is 5.75 Å². The van der Waals surface area contributed by atoms with Gasteiger partial charge in [-0.05, 0) is 38.0 Å². The van der Waals surface area contributed by atoms with E-state index in [1.807, 2.05) is 30.0 Å². The van der Waals surface area contributed by atoms with Gasteiger partial charge in [-0.1, -0.05) is 54.2 Å². The number of nitrogens with zero attached hydrogens (tertiary/aromatic N) is 3. The van der Waals surface area contributed by atoms with E-state index in [1.165, 1.54) is 16.0 Å². The SMILES string of the molecule is C=C1CN(N2C=C(c3ccccc3)SC2C)C(C)(c2nc3ccc(OC)cc3[nH]2)C1. The highest BCUT2D eigenvalue weighted by Crippen LogP contribution is 2.47. The van der Waals surface area contributed by atoms with E-state index in [4.69, 9.17) is 9.72 Å². The topological polar surface area (TPSA) is 44.4 Å². The van der Waals surface area contributed by atoms with Gasteiger partial charge in [0.2, 0.25) is 0 Å². The van der Waals surface area contributed by atoms with Crippen LogP contribution in [0.4, 0.5) is 0 Å². The highest BCUT2D eigenvalue weighted by atomic mass is 32.2. The first-order chi connectivity index (χ1) is 14.5. The van der Waals surface area contributed by atoms with Crippen molar-refractivity contribution < 1.29 is 4.74 Å². The fourth-order valence-corrected chi connectivity index (χ4v) is 5.53. The van der Waals surface area contributed by atoms with E-state index in [-0.39, 0.29) is 5.54 Å². The Kier molecular flexibility index (Phi) is 4.64. The largest absolute Gasteiger partial charge is 0.497 e. The zero-order valence-corrected chi connectivity index (χ0v) is 18.4. The van der Waals surface area contributed by atoms with E-state index in [1.54, 1.807) is 7.11 Å². The molecule has 1 N–H and O–H groups in total. The van der Waals surface area contributed by atoms with Gasteiger partial charge in [-0.2, -0.15) is 0 Å². The summed E-state index contributed by atoms with van der Waals surface area (Å²) in [5.74, 6) is 1.79. The van der Waals surface area contributed by atoms with E-state index in [9.17, 15) is 0 Å². The molecular weight excluding hydrogens is 392 g/mol. The molecule has 5 nitrogen and oxygen atoms in total. The van der Waals surface area contributed by atoms with Crippen LogP contribution in [0, 0.1) is 0 Å². The van der Waals surface area contributed by atoms with Crippen LogP contribution < -0.4 is 4.74 Å². The predicted molar refractivity (Wildman–Crippen MR) is 124 cm³/mol. The molecule has 0 radical (unpaired) electrons. The summed E-state index contributed by atoms with van der Waals surface area (Å²) in [6.45, 7) is 9.65. The summed E-state index contributed by atoms with van der Waals surface area (Å²) in [4.78, 5) is 9.80. The molecule has 1 aromatic heterocycles. The number of hydrazine groups is 1. The van der Waals surface area contributed by atoms with Crippen molar-refractivity contribution in [3.05, 3.63) is 78.3 Å². The Bertz CT molecular complexity index is 1140. The van der Waals surface area contributed by atoms with E-state index in [0.29, 0.717) is 5.37 Å². The van der Waals surface area contributed by atoms with Gasteiger partial charge >= 0.3 is 0 Å². The Balaban J connectivity index is 1.53. The summed E-state index contributed by atoms with van der Waals surface area (Å²) in [5.41, 5.74) is 4.13. The summed E-state index contributed by atoms with van der Waals surface area (Å²) >= 11 is 1.89. The Hall–Kier alpha value is -2.70. The number of thioether (sulfide) groups is 1. The van der Waals surface area contributed by atoms with Crippen LogP contribution in [0.15, 0.2) is 66.9 Å². The van der Waals surface area contributed by atoms with Crippen LogP contribution in [0.1, 0.15) is 31.7 Å². The van der Waals surface area contributed by atoms with Crippen molar-refractivity contribution >= 4 is 27.7 Å². The van der Waals surface area contributed by atoms with Gasteiger partial charge in [0.15, 0.2) is 0 Å². The quantitative estimate of drug-likeness (QED) is 0.578. The molecule has 2 atom stereocenters. The maximum absolute atomic E-state index is 5.38. The van der Waals surface area contributed by atoms with Crippen LogP contribution in [-0.4, -0.2) is 39.0 Å². The summed E-state index contributed by atoms with van der Waals surface area (Å²) in [6.07, 6.45) is 3.14. The molecule has 3 heterocycles. The highest BCUT2D eigenvalue weighted by Gasteiger charge is 2.47. The lowest BCUT2D eigenvalue weighted by Gasteiger charge is -2.41. The number of hydrogen-bond donors (Lipinski definition) is 1. The van der Waals surface area contributed by atoms with Crippen LogP contribution in [0.3, 0.4) is 0 Å².